The molecule has 3 rings (SSSR count). The van der Waals surface area contributed by atoms with Gasteiger partial charge in [0.2, 0.25) is 0 Å². The molecule has 1 atom stereocenters. The molecule has 126 valence electrons. The zero-order valence-electron chi connectivity index (χ0n) is 14.6. The van der Waals surface area contributed by atoms with E-state index in [1.54, 1.807) is 10.7 Å². The van der Waals surface area contributed by atoms with E-state index in [0.717, 1.165) is 22.5 Å². The molecule has 0 N–H and O–H groups in total. The van der Waals surface area contributed by atoms with Crippen LogP contribution in [0.2, 0.25) is 0 Å². The molecule has 1 unspecified atom stereocenters. The highest BCUT2D eigenvalue weighted by Gasteiger charge is 2.31. The van der Waals surface area contributed by atoms with Gasteiger partial charge < -0.3 is 4.90 Å². The summed E-state index contributed by atoms with van der Waals surface area (Å²) in [4.78, 5) is 6.49. The molecule has 5 heteroatoms. The zero-order valence-corrected chi connectivity index (χ0v) is 14.6. The highest BCUT2D eigenvalue weighted by molar-refractivity contribution is 5.77. The molecule has 0 aliphatic heterocycles. The second kappa shape index (κ2) is 6.32. The fourth-order valence-electron chi connectivity index (χ4n) is 3.17. The third kappa shape index (κ3) is 2.91. The number of aryl methyl sites for hydroxylation is 1. The van der Waals surface area contributed by atoms with Crippen LogP contribution in [0, 0.1) is 6.92 Å². The van der Waals surface area contributed by atoms with Gasteiger partial charge >= 0.3 is 0 Å². The quantitative estimate of drug-likeness (QED) is 0.719. The molecule has 0 aliphatic rings. The summed E-state index contributed by atoms with van der Waals surface area (Å²) in [6.45, 7) is 4.13. The van der Waals surface area contributed by atoms with Crippen LogP contribution in [0.1, 0.15) is 18.2 Å². The topological polar surface area (TPSA) is 33.4 Å². The zero-order chi connectivity index (χ0) is 17.3. The first-order chi connectivity index (χ1) is 11.4. The highest BCUT2D eigenvalue weighted by Crippen LogP contribution is 2.29. The fourth-order valence-corrected chi connectivity index (χ4v) is 3.17. The molecule has 0 radical (unpaired) electrons. The predicted molar refractivity (Wildman–Crippen MR) is 95.0 cm³/mol. The van der Waals surface area contributed by atoms with E-state index in [1.165, 1.54) is 5.56 Å². The van der Waals surface area contributed by atoms with Gasteiger partial charge in [-0.15, -0.1) is 0 Å². The Balaban J connectivity index is 2.14. The summed E-state index contributed by atoms with van der Waals surface area (Å²) >= 11 is 0. The minimum absolute atomic E-state index is 0.454. The number of hydrogen-bond donors (Lipinski definition) is 0. The summed E-state index contributed by atoms with van der Waals surface area (Å²) in [5.41, 5.74) is 4.19. The van der Waals surface area contributed by atoms with Gasteiger partial charge in [0.1, 0.15) is 6.67 Å². The molecule has 2 aromatic heterocycles. The van der Waals surface area contributed by atoms with Crippen molar-refractivity contribution in [3.63, 3.8) is 0 Å². The van der Waals surface area contributed by atoms with Crippen molar-refractivity contribution in [2.24, 2.45) is 0 Å². The first-order valence-corrected chi connectivity index (χ1v) is 8.05. The maximum atomic E-state index is 13.9. The van der Waals surface area contributed by atoms with Gasteiger partial charge in [-0.05, 0) is 32.6 Å². The van der Waals surface area contributed by atoms with Crippen LogP contribution in [0.15, 0.2) is 42.7 Å². The minimum Gasteiger partial charge on any atom is -0.308 e. The van der Waals surface area contributed by atoms with E-state index in [1.807, 2.05) is 38.2 Å². The first-order valence-electron chi connectivity index (χ1n) is 8.05. The van der Waals surface area contributed by atoms with Gasteiger partial charge in [0.05, 0.1) is 17.3 Å². The molecule has 3 aromatic rings. The maximum Gasteiger partial charge on any atom is 0.163 e. The number of fused-ring (bicyclic) bond motifs is 1. The largest absolute Gasteiger partial charge is 0.308 e. The van der Waals surface area contributed by atoms with Crippen LogP contribution in [-0.4, -0.2) is 46.8 Å². The Labute approximate surface area is 141 Å². The van der Waals surface area contributed by atoms with E-state index in [0.29, 0.717) is 6.54 Å². The average Bonchev–Trinajstić information content (AvgIpc) is 2.98. The lowest BCUT2D eigenvalue weighted by atomic mass is 9.87. The molecule has 0 aliphatic carbocycles. The summed E-state index contributed by atoms with van der Waals surface area (Å²) in [7, 11) is 3.90. The van der Waals surface area contributed by atoms with Gasteiger partial charge in [-0.1, -0.05) is 36.8 Å². The molecular formula is C19H23FN4. The van der Waals surface area contributed by atoms with E-state index in [9.17, 15) is 4.39 Å². The first kappa shape index (κ1) is 16.6. The SMILES string of the molecule is Cc1ccc(-c2cnn3c(C(C)(CF)CN(C)C)ccnc23)cc1. The monoisotopic (exact) mass is 326 g/mol. The molecule has 2 heterocycles. The highest BCUT2D eigenvalue weighted by atomic mass is 19.1. The lowest BCUT2D eigenvalue weighted by Gasteiger charge is -2.30. The van der Waals surface area contributed by atoms with Crippen LogP contribution in [0.4, 0.5) is 4.39 Å². The molecule has 0 bridgehead atoms. The number of halogens is 1. The Bertz CT molecular complexity index is 838. The van der Waals surface area contributed by atoms with E-state index in [2.05, 4.69) is 41.3 Å². The van der Waals surface area contributed by atoms with Crippen molar-refractivity contribution in [1.29, 1.82) is 0 Å². The molecular weight excluding hydrogens is 303 g/mol. The van der Waals surface area contributed by atoms with Crippen LogP contribution in [-0.2, 0) is 5.41 Å². The van der Waals surface area contributed by atoms with Gasteiger partial charge in [0.15, 0.2) is 5.65 Å². The van der Waals surface area contributed by atoms with E-state index in [4.69, 9.17) is 0 Å². The molecule has 0 amide bonds. The van der Waals surface area contributed by atoms with Crippen molar-refractivity contribution in [3.8, 4) is 11.1 Å². The van der Waals surface area contributed by atoms with Crippen molar-refractivity contribution in [3.05, 3.63) is 54.0 Å². The average molecular weight is 326 g/mol. The van der Waals surface area contributed by atoms with Crippen LogP contribution in [0.5, 0.6) is 0 Å². The Morgan fingerprint density at radius 2 is 1.88 bits per heavy atom. The van der Waals surface area contributed by atoms with Crippen molar-refractivity contribution < 1.29 is 4.39 Å². The Morgan fingerprint density at radius 1 is 1.17 bits per heavy atom. The summed E-state index contributed by atoms with van der Waals surface area (Å²) in [6, 6.07) is 10.1. The fraction of sp³-hybridized carbons (Fsp3) is 0.368. The second-order valence-corrected chi connectivity index (χ2v) is 6.92. The molecule has 0 saturated carbocycles. The van der Waals surface area contributed by atoms with Crippen LogP contribution >= 0.6 is 0 Å². The third-order valence-corrected chi connectivity index (χ3v) is 4.34. The lowest BCUT2D eigenvalue weighted by Crippen LogP contribution is -2.38. The van der Waals surface area contributed by atoms with E-state index >= 15 is 0 Å². The number of aromatic nitrogens is 3. The van der Waals surface area contributed by atoms with Gasteiger partial charge in [-0.2, -0.15) is 5.10 Å². The molecule has 0 saturated heterocycles. The molecule has 0 spiro atoms. The molecule has 1 aromatic carbocycles. The van der Waals surface area contributed by atoms with Crippen molar-refractivity contribution in [2.75, 3.05) is 27.3 Å². The minimum atomic E-state index is -0.638. The smallest absolute Gasteiger partial charge is 0.163 e. The summed E-state index contributed by atoms with van der Waals surface area (Å²) in [5.74, 6) is 0. The summed E-state index contributed by atoms with van der Waals surface area (Å²) < 4.78 is 15.7. The Morgan fingerprint density at radius 3 is 2.50 bits per heavy atom. The summed E-state index contributed by atoms with van der Waals surface area (Å²) in [5, 5.41) is 4.51. The number of rotatable bonds is 5. The van der Waals surface area contributed by atoms with Crippen molar-refractivity contribution in [1.82, 2.24) is 19.5 Å². The van der Waals surface area contributed by atoms with E-state index in [-0.39, 0.29) is 0 Å². The maximum absolute atomic E-state index is 13.9. The van der Waals surface area contributed by atoms with Crippen molar-refractivity contribution in [2.45, 2.75) is 19.3 Å². The Hall–Kier alpha value is -2.27. The number of likely N-dealkylation sites (N-methyl/N-ethyl adjacent to an activating group) is 1. The Kier molecular flexibility index (Phi) is 4.37. The number of benzene rings is 1. The van der Waals surface area contributed by atoms with Crippen LogP contribution in [0.3, 0.4) is 0 Å². The standard InChI is InChI=1S/C19H23FN4/c1-14-5-7-15(8-6-14)16-11-22-24-17(9-10-21-18(16)24)19(2,12-20)13-23(3)4/h5-11H,12-13H2,1-4H3. The lowest BCUT2D eigenvalue weighted by molar-refractivity contribution is 0.236. The number of hydrogen-bond acceptors (Lipinski definition) is 3. The second-order valence-electron chi connectivity index (χ2n) is 6.92. The molecule has 4 nitrogen and oxygen atoms in total. The van der Waals surface area contributed by atoms with Gasteiger partial charge in [-0.25, -0.2) is 9.50 Å². The summed E-state index contributed by atoms with van der Waals surface area (Å²) in [6.07, 6.45) is 3.55. The van der Waals surface area contributed by atoms with Gasteiger partial charge in [0.25, 0.3) is 0 Å². The number of alkyl halides is 1. The molecule has 24 heavy (non-hydrogen) atoms. The molecule has 0 fully saturated rings. The third-order valence-electron chi connectivity index (χ3n) is 4.34. The normalized spacial score (nSPS) is 14.2. The van der Waals surface area contributed by atoms with Crippen LogP contribution < -0.4 is 0 Å². The predicted octanol–water partition coefficient (Wildman–Crippen LogP) is 3.49. The van der Waals surface area contributed by atoms with Gasteiger partial charge in [0, 0.05) is 18.3 Å². The number of nitrogens with zero attached hydrogens (tertiary/aromatic N) is 4. The van der Waals surface area contributed by atoms with E-state index < -0.39 is 12.1 Å². The van der Waals surface area contributed by atoms with Crippen molar-refractivity contribution >= 4 is 5.65 Å². The van der Waals surface area contributed by atoms with Crippen LogP contribution in [0.25, 0.3) is 16.8 Å². The van der Waals surface area contributed by atoms with Gasteiger partial charge in [-0.3, -0.25) is 4.39 Å².